The molecule has 0 unspecified atom stereocenters. The van der Waals surface area contributed by atoms with Gasteiger partial charge in [-0.3, -0.25) is 0 Å². The summed E-state index contributed by atoms with van der Waals surface area (Å²) in [6.07, 6.45) is 0. The third-order valence-electron chi connectivity index (χ3n) is 9.34. The highest BCUT2D eigenvalue weighted by atomic mass is 16.7. The van der Waals surface area contributed by atoms with Crippen molar-refractivity contribution in [1.29, 1.82) is 0 Å². The summed E-state index contributed by atoms with van der Waals surface area (Å²) in [5, 5.41) is 0. The molecular weight excluding hydrogens is 561 g/mol. The first-order valence-electron chi connectivity index (χ1n) is 15.9. The molecule has 0 atom stereocenters. The van der Waals surface area contributed by atoms with E-state index in [9.17, 15) is 0 Å². The number of hydrogen-bond donors (Lipinski definition) is 0. The predicted octanol–water partition coefficient (Wildman–Crippen LogP) is 10.5. The van der Waals surface area contributed by atoms with Crippen molar-refractivity contribution in [1.82, 2.24) is 0 Å². The second-order valence-corrected chi connectivity index (χ2v) is 12.9. The molecule has 0 aliphatic carbocycles. The van der Waals surface area contributed by atoms with E-state index in [0.717, 1.165) is 33.7 Å². The maximum atomic E-state index is 6.33. The predicted molar refractivity (Wildman–Crippen MR) is 193 cm³/mol. The molecule has 0 radical (unpaired) electrons. The van der Waals surface area contributed by atoms with Crippen LogP contribution >= 0.6 is 0 Å². The Labute approximate surface area is 273 Å². The van der Waals surface area contributed by atoms with Crippen molar-refractivity contribution < 1.29 is 9.31 Å². The summed E-state index contributed by atoms with van der Waals surface area (Å²) < 4.78 is 12.7. The second-order valence-electron chi connectivity index (χ2n) is 12.9. The summed E-state index contributed by atoms with van der Waals surface area (Å²) in [6.45, 7) is 8.36. The van der Waals surface area contributed by atoms with Gasteiger partial charge in [-0.2, -0.15) is 0 Å². The Bertz CT molecular complexity index is 1820. The van der Waals surface area contributed by atoms with Crippen LogP contribution in [-0.4, -0.2) is 18.3 Å². The molecule has 3 nitrogen and oxygen atoms in total. The summed E-state index contributed by atoms with van der Waals surface area (Å²) in [5.41, 5.74) is 10.6. The molecule has 0 N–H and O–H groups in total. The number of anilines is 3. The van der Waals surface area contributed by atoms with Crippen LogP contribution in [0.4, 0.5) is 17.1 Å². The number of rotatable bonds is 7. The molecule has 4 heteroatoms. The van der Waals surface area contributed by atoms with Crippen molar-refractivity contribution >= 4 is 29.6 Å². The molecule has 0 saturated carbocycles. The van der Waals surface area contributed by atoms with E-state index in [1.165, 1.54) is 22.3 Å². The van der Waals surface area contributed by atoms with E-state index in [4.69, 9.17) is 9.31 Å². The van der Waals surface area contributed by atoms with Gasteiger partial charge >= 0.3 is 7.12 Å². The Hall–Kier alpha value is -4.90. The van der Waals surface area contributed by atoms with Crippen LogP contribution < -0.4 is 10.4 Å². The lowest BCUT2D eigenvalue weighted by Crippen LogP contribution is -2.41. The van der Waals surface area contributed by atoms with Crippen LogP contribution in [0.25, 0.3) is 33.4 Å². The van der Waals surface area contributed by atoms with Crippen molar-refractivity contribution in [3.63, 3.8) is 0 Å². The minimum atomic E-state index is -0.391. The Morgan fingerprint density at radius 1 is 0.391 bits per heavy atom. The summed E-state index contributed by atoms with van der Waals surface area (Å²) in [7, 11) is -0.391. The van der Waals surface area contributed by atoms with Crippen LogP contribution in [-0.2, 0) is 9.31 Å². The molecule has 1 aliphatic heterocycles. The fraction of sp³-hybridized carbons (Fsp3) is 0.143. The quantitative estimate of drug-likeness (QED) is 0.171. The van der Waals surface area contributed by atoms with Crippen molar-refractivity contribution in [2.75, 3.05) is 4.90 Å². The molecular formula is C42H38BNO2. The van der Waals surface area contributed by atoms with Crippen molar-refractivity contribution in [3.05, 3.63) is 158 Å². The van der Waals surface area contributed by atoms with Gasteiger partial charge in [0.15, 0.2) is 0 Å². The summed E-state index contributed by atoms with van der Waals surface area (Å²) in [5.74, 6) is 0. The summed E-state index contributed by atoms with van der Waals surface area (Å²) >= 11 is 0. The van der Waals surface area contributed by atoms with Crippen LogP contribution in [0, 0.1) is 0 Å². The van der Waals surface area contributed by atoms with E-state index in [0.29, 0.717) is 0 Å². The highest BCUT2D eigenvalue weighted by Crippen LogP contribution is 2.39. The van der Waals surface area contributed by atoms with E-state index in [1.807, 2.05) is 0 Å². The first-order valence-corrected chi connectivity index (χ1v) is 15.9. The molecule has 0 spiro atoms. The van der Waals surface area contributed by atoms with Crippen molar-refractivity contribution in [2.45, 2.75) is 38.9 Å². The highest BCUT2D eigenvalue weighted by Gasteiger charge is 2.51. The zero-order valence-corrected chi connectivity index (χ0v) is 26.9. The lowest BCUT2D eigenvalue weighted by molar-refractivity contribution is 0.00578. The Morgan fingerprint density at radius 2 is 0.739 bits per heavy atom. The van der Waals surface area contributed by atoms with E-state index in [2.05, 4.69) is 190 Å². The molecule has 0 bridgehead atoms. The first-order chi connectivity index (χ1) is 22.3. The van der Waals surface area contributed by atoms with Crippen LogP contribution in [0.5, 0.6) is 0 Å². The maximum absolute atomic E-state index is 6.33. The fourth-order valence-corrected chi connectivity index (χ4v) is 5.96. The molecule has 0 amide bonds. The molecule has 1 saturated heterocycles. The van der Waals surface area contributed by atoms with Gasteiger partial charge in [-0.15, -0.1) is 0 Å². The minimum Gasteiger partial charge on any atom is -0.399 e. The number of hydrogen-bond acceptors (Lipinski definition) is 3. The minimum absolute atomic E-state index is 0.378. The number of benzene rings is 6. The topological polar surface area (TPSA) is 21.7 Å². The Kier molecular flexibility index (Phi) is 7.86. The van der Waals surface area contributed by atoms with Gasteiger partial charge in [-0.05, 0) is 103 Å². The smallest absolute Gasteiger partial charge is 0.399 e. The molecule has 46 heavy (non-hydrogen) atoms. The normalized spacial score (nSPS) is 15.1. The van der Waals surface area contributed by atoms with E-state index < -0.39 is 7.12 Å². The average molecular weight is 600 g/mol. The van der Waals surface area contributed by atoms with E-state index in [1.54, 1.807) is 0 Å². The van der Waals surface area contributed by atoms with Gasteiger partial charge in [0.1, 0.15) is 0 Å². The second kappa shape index (κ2) is 12.1. The fourth-order valence-electron chi connectivity index (χ4n) is 5.96. The maximum Gasteiger partial charge on any atom is 0.494 e. The van der Waals surface area contributed by atoms with Crippen molar-refractivity contribution in [2.24, 2.45) is 0 Å². The molecule has 6 aromatic carbocycles. The lowest BCUT2D eigenvalue weighted by Gasteiger charge is -2.32. The van der Waals surface area contributed by atoms with Gasteiger partial charge in [-0.25, -0.2) is 0 Å². The van der Waals surface area contributed by atoms with Gasteiger partial charge < -0.3 is 14.2 Å². The van der Waals surface area contributed by atoms with E-state index in [-0.39, 0.29) is 11.2 Å². The number of nitrogens with zero attached hydrogens (tertiary/aromatic N) is 1. The van der Waals surface area contributed by atoms with Gasteiger partial charge in [0.05, 0.1) is 11.2 Å². The third kappa shape index (κ3) is 5.90. The third-order valence-corrected chi connectivity index (χ3v) is 9.34. The molecule has 1 fully saturated rings. The van der Waals surface area contributed by atoms with Crippen LogP contribution in [0.2, 0.25) is 0 Å². The zero-order valence-electron chi connectivity index (χ0n) is 26.9. The lowest BCUT2D eigenvalue weighted by atomic mass is 9.78. The molecule has 226 valence electrons. The summed E-state index contributed by atoms with van der Waals surface area (Å²) in [4.78, 5) is 2.31. The molecule has 1 aliphatic rings. The largest absolute Gasteiger partial charge is 0.494 e. The average Bonchev–Trinajstić information content (AvgIpc) is 3.32. The Morgan fingerprint density at radius 3 is 1.15 bits per heavy atom. The van der Waals surface area contributed by atoms with Crippen molar-refractivity contribution in [3.8, 4) is 33.4 Å². The van der Waals surface area contributed by atoms with Gasteiger partial charge in [0.25, 0.3) is 0 Å². The SMILES string of the molecule is CC1(C)OB(c2cccc(-c3ccc(N(c4ccc(-c5ccccc5)cc4)c4ccc(-c5ccccc5)cc4)cc3)c2)OC1(C)C. The Balaban J connectivity index is 1.21. The van der Waals surface area contributed by atoms with Gasteiger partial charge in [-0.1, -0.05) is 121 Å². The van der Waals surface area contributed by atoms with Gasteiger partial charge in [0, 0.05) is 17.1 Å². The standard InChI is InChI=1S/C42H38BNO2/c1-41(2)42(3,4)46-43(45-41)37-17-11-16-36(30-37)35-22-28-40(29-23-35)44(38-24-18-33(19-25-38)31-12-7-5-8-13-31)39-26-20-34(21-27-39)32-14-9-6-10-15-32/h5-30H,1-4H3. The van der Waals surface area contributed by atoms with E-state index >= 15 is 0 Å². The molecule has 7 rings (SSSR count). The van der Waals surface area contributed by atoms with Gasteiger partial charge in [0.2, 0.25) is 0 Å². The summed E-state index contributed by atoms with van der Waals surface area (Å²) in [6, 6.07) is 55.9. The van der Waals surface area contributed by atoms with Crippen LogP contribution in [0.15, 0.2) is 158 Å². The monoisotopic (exact) mass is 599 g/mol. The molecule has 1 heterocycles. The first kappa shape index (κ1) is 29.8. The zero-order chi connectivity index (χ0) is 31.7. The molecule has 6 aromatic rings. The van der Waals surface area contributed by atoms with Crippen LogP contribution in [0.3, 0.4) is 0 Å². The highest BCUT2D eigenvalue weighted by molar-refractivity contribution is 6.62. The molecule has 0 aromatic heterocycles. The van der Waals surface area contributed by atoms with Crippen LogP contribution in [0.1, 0.15) is 27.7 Å².